The molecule has 120 valence electrons. The van der Waals surface area contributed by atoms with E-state index in [1.165, 1.54) is 6.33 Å². The number of aromatic nitrogens is 4. The average Bonchev–Trinajstić information content (AvgIpc) is 3.25. The number of nitrogens with zero attached hydrogens (tertiary/aromatic N) is 4. The smallest absolute Gasteiger partial charge is 0.200 e. The Bertz CT molecular complexity index is 981. The van der Waals surface area contributed by atoms with Gasteiger partial charge < -0.3 is 9.73 Å². The van der Waals surface area contributed by atoms with Crippen LogP contribution in [0.1, 0.15) is 0 Å². The summed E-state index contributed by atoms with van der Waals surface area (Å²) in [5.41, 5.74) is 1.46. The Hall–Kier alpha value is -3.06. The molecule has 24 heavy (non-hydrogen) atoms. The number of benzene rings is 1. The van der Waals surface area contributed by atoms with Gasteiger partial charge in [0.15, 0.2) is 11.5 Å². The zero-order valence-corrected chi connectivity index (χ0v) is 13.4. The summed E-state index contributed by atoms with van der Waals surface area (Å²) in [5, 5.41) is 11.9. The van der Waals surface area contributed by atoms with Gasteiger partial charge in [-0.25, -0.2) is 9.97 Å². The zero-order chi connectivity index (χ0) is 16.5. The van der Waals surface area contributed by atoms with Crippen LogP contribution in [0.3, 0.4) is 0 Å². The van der Waals surface area contributed by atoms with Gasteiger partial charge in [0.1, 0.15) is 17.5 Å². The number of hydrogen-bond donors (Lipinski definition) is 2. The third-order valence-corrected chi connectivity index (χ3v) is 3.82. The van der Waals surface area contributed by atoms with E-state index < -0.39 is 0 Å². The fraction of sp³-hybridized carbons (Fsp3) is 0.0625. The summed E-state index contributed by atoms with van der Waals surface area (Å²) in [6, 6.07) is 11.1. The highest BCUT2D eigenvalue weighted by Gasteiger charge is 2.18. The highest BCUT2D eigenvalue weighted by Crippen LogP contribution is 2.33. The molecule has 0 bridgehead atoms. The highest BCUT2D eigenvalue weighted by atomic mass is 35.5. The zero-order valence-electron chi connectivity index (χ0n) is 12.7. The molecule has 2 N–H and O–H groups in total. The monoisotopic (exact) mass is 340 g/mol. The number of H-pyrrole nitrogens is 1. The molecule has 0 saturated carbocycles. The molecule has 7 nitrogen and oxygen atoms in total. The van der Waals surface area contributed by atoms with Gasteiger partial charge in [0.2, 0.25) is 5.88 Å². The van der Waals surface area contributed by atoms with Gasteiger partial charge in [0, 0.05) is 23.8 Å². The van der Waals surface area contributed by atoms with Crippen LogP contribution in [0.4, 0.5) is 23.2 Å². The lowest BCUT2D eigenvalue weighted by Crippen LogP contribution is -2.10. The van der Waals surface area contributed by atoms with E-state index in [-0.39, 0.29) is 0 Å². The number of rotatable bonds is 4. The van der Waals surface area contributed by atoms with E-state index in [4.69, 9.17) is 16.0 Å². The predicted octanol–water partition coefficient (Wildman–Crippen LogP) is 4.11. The Labute approximate surface area is 142 Å². The summed E-state index contributed by atoms with van der Waals surface area (Å²) >= 11 is 6.05. The van der Waals surface area contributed by atoms with Crippen molar-refractivity contribution in [2.75, 3.05) is 17.3 Å². The molecule has 4 rings (SSSR count). The minimum Gasteiger partial charge on any atom is -0.448 e. The van der Waals surface area contributed by atoms with Crippen LogP contribution in [0.5, 0.6) is 0 Å². The lowest BCUT2D eigenvalue weighted by molar-refractivity contribution is 0.569. The molecule has 1 aromatic carbocycles. The Balaban J connectivity index is 1.80. The third-order valence-electron chi connectivity index (χ3n) is 3.58. The van der Waals surface area contributed by atoms with E-state index in [1.54, 1.807) is 6.26 Å². The molecule has 3 heterocycles. The number of aromatic amines is 1. The van der Waals surface area contributed by atoms with Crippen molar-refractivity contribution in [1.82, 2.24) is 20.2 Å². The van der Waals surface area contributed by atoms with Crippen molar-refractivity contribution in [2.45, 2.75) is 0 Å². The molecule has 0 spiro atoms. The summed E-state index contributed by atoms with van der Waals surface area (Å²) < 4.78 is 5.44. The number of hydrogen-bond acceptors (Lipinski definition) is 6. The molecule has 0 amide bonds. The molecule has 3 aromatic heterocycles. The SMILES string of the molecule is CN(c1ccco1)c1n[nH]c2ncnc(Nc3cccc(Cl)c3)c12. The van der Waals surface area contributed by atoms with Gasteiger partial charge in [-0.1, -0.05) is 17.7 Å². The predicted molar refractivity (Wildman–Crippen MR) is 93.2 cm³/mol. The van der Waals surface area contributed by atoms with Crippen LogP contribution < -0.4 is 10.2 Å². The van der Waals surface area contributed by atoms with Crippen molar-refractivity contribution in [1.29, 1.82) is 0 Å². The molecule has 8 heteroatoms. The molecule has 0 aliphatic rings. The first-order chi connectivity index (χ1) is 11.7. The number of nitrogens with one attached hydrogen (secondary N) is 2. The van der Waals surface area contributed by atoms with Gasteiger partial charge in [-0.3, -0.25) is 10.00 Å². The maximum Gasteiger partial charge on any atom is 0.200 e. The van der Waals surface area contributed by atoms with Gasteiger partial charge in [-0.15, -0.1) is 0 Å². The van der Waals surface area contributed by atoms with Crippen molar-refractivity contribution >= 4 is 45.8 Å². The fourth-order valence-electron chi connectivity index (χ4n) is 2.45. The van der Waals surface area contributed by atoms with Crippen molar-refractivity contribution in [2.24, 2.45) is 0 Å². The van der Waals surface area contributed by atoms with Crippen LogP contribution in [0, 0.1) is 0 Å². The molecular weight excluding hydrogens is 328 g/mol. The Morgan fingerprint density at radius 1 is 1.21 bits per heavy atom. The molecular formula is C16H13ClN6O. The van der Waals surface area contributed by atoms with Gasteiger partial charge in [0.05, 0.1) is 6.26 Å². The summed E-state index contributed by atoms with van der Waals surface area (Å²) in [4.78, 5) is 10.4. The van der Waals surface area contributed by atoms with Crippen molar-refractivity contribution in [3.8, 4) is 0 Å². The molecule has 0 saturated heterocycles. The Kier molecular flexibility index (Phi) is 3.55. The topological polar surface area (TPSA) is 82.9 Å². The second-order valence-electron chi connectivity index (χ2n) is 5.14. The van der Waals surface area contributed by atoms with E-state index in [9.17, 15) is 0 Å². The van der Waals surface area contributed by atoms with E-state index >= 15 is 0 Å². The standard InChI is InChI=1S/C16H13ClN6O/c1-23(12-6-3-7-24-12)16-13-14(18-9-19-15(13)21-22-16)20-11-5-2-4-10(17)8-11/h2-9H,1H3,(H2,18,19,20,21,22). The largest absolute Gasteiger partial charge is 0.448 e. The summed E-state index contributed by atoms with van der Waals surface area (Å²) in [7, 11) is 1.87. The minimum absolute atomic E-state index is 0.628. The van der Waals surface area contributed by atoms with Crippen molar-refractivity contribution in [3.05, 3.63) is 54.0 Å². The van der Waals surface area contributed by atoms with Crippen LogP contribution in [0.2, 0.25) is 5.02 Å². The van der Waals surface area contributed by atoms with E-state index in [2.05, 4.69) is 25.5 Å². The molecule has 4 aromatic rings. The lowest BCUT2D eigenvalue weighted by atomic mass is 10.3. The highest BCUT2D eigenvalue weighted by molar-refractivity contribution is 6.30. The molecule has 0 aliphatic heterocycles. The van der Waals surface area contributed by atoms with Gasteiger partial charge in [0.25, 0.3) is 0 Å². The van der Waals surface area contributed by atoms with E-state index in [1.807, 2.05) is 48.3 Å². The van der Waals surface area contributed by atoms with Gasteiger partial charge >= 0.3 is 0 Å². The van der Waals surface area contributed by atoms with E-state index in [0.717, 1.165) is 11.1 Å². The number of fused-ring (bicyclic) bond motifs is 1. The number of furan rings is 1. The van der Waals surface area contributed by atoms with Crippen LogP contribution in [-0.4, -0.2) is 27.2 Å². The summed E-state index contributed by atoms with van der Waals surface area (Å²) in [6.45, 7) is 0. The first-order valence-electron chi connectivity index (χ1n) is 7.21. The van der Waals surface area contributed by atoms with Crippen LogP contribution >= 0.6 is 11.6 Å². The lowest BCUT2D eigenvalue weighted by Gasteiger charge is -2.14. The number of anilines is 4. The maximum absolute atomic E-state index is 6.05. The molecule has 0 atom stereocenters. The maximum atomic E-state index is 6.05. The van der Waals surface area contributed by atoms with Crippen molar-refractivity contribution in [3.63, 3.8) is 0 Å². The average molecular weight is 341 g/mol. The van der Waals surface area contributed by atoms with Crippen LogP contribution in [-0.2, 0) is 0 Å². The van der Waals surface area contributed by atoms with E-state index in [0.29, 0.717) is 28.2 Å². The third kappa shape index (κ3) is 2.55. The van der Waals surface area contributed by atoms with Crippen LogP contribution in [0.15, 0.2) is 53.4 Å². The van der Waals surface area contributed by atoms with Crippen LogP contribution in [0.25, 0.3) is 11.0 Å². The normalized spacial score (nSPS) is 10.9. The van der Waals surface area contributed by atoms with Gasteiger partial charge in [-0.05, 0) is 24.3 Å². The second kappa shape index (κ2) is 5.86. The second-order valence-corrected chi connectivity index (χ2v) is 5.58. The van der Waals surface area contributed by atoms with Gasteiger partial charge in [-0.2, -0.15) is 5.10 Å². The molecule has 0 fully saturated rings. The molecule has 0 unspecified atom stereocenters. The first kappa shape index (κ1) is 14.5. The summed E-state index contributed by atoms with van der Waals surface area (Å²) in [6.07, 6.45) is 3.09. The Morgan fingerprint density at radius 2 is 2.12 bits per heavy atom. The molecule has 0 aliphatic carbocycles. The number of halogens is 1. The minimum atomic E-state index is 0.628. The first-order valence-corrected chi connectivity index (χ1v) is 7.59. The molecule has 0 radical (unpaired) electrons. The Morgan fingerprint density at radius 3 is 2.92 bits per heavy atom. The summed E-state index contributed by atoms with van der Waals surface area (Å²) in [5.74, 6) is 1.95. The quantitative estimate of drug-likeness (QED) is 0.581. The fourth-order valence-corrected chi connectivity index (χ4v) is 2.64. The van der Waals surface area contributed by atoms with Crippen molar-refractivity contribution < 1.29 is 4.42 Å².